The molecule has 138 valence electrons. The summed E-state index contributed by atoms with van der Waals surface area (Å²) in [6.07, 6.45) is 3.47. The van der Waals surface area contributed by atoms with Crippen LogP contribution >= 0.6 is 11.6 Å². The molecule has 3 N–H and O–H groups in total. The monoisotopic (exact) mass is 392 g/mol. The van der Waals surface area contributed by atoms with Crippen molar-refractivity contribution in [2.45, 2.75) is 6.54 Å². The Morgan fingerprint density at radius 3 is 2.82 bits per heavy atom. The third-order valence-electron chi connectivity index (χ3n) is 4.42. The number of amides is 1. The lowest BCUT2D eigenvalue weighted by Gasteiger charge is -2.13. The average molecular weight is 393 g/mol. The molecule has 1 amide bonds. The van der Waals surface area contributed by atoms with Gasteiger partial charge in [-0.1, -0.05) is 23.7 Å². The molecule has 0 saturated carbocycles. The molecule has 0 saturated heterocycles. The van der Waals surface area contributed by atoms with Crippen LogP contribution in [0.2, 0.25) is 5.15 Å². The van der Waals surface area contributed by atoms with Crippen molar-refractivity contribution in [2.24, 2.45) is 0 Å². The Kier molecular flexibility index (Phi) is 3.66. The number of nitrogens with zero attached hydrogens (tertiary/aromatic N) is 4. The Bertz CT molecular complexity index is 1210. The zero-order valence-corrected chi connectivity index (χ0v) is 15.1. The summed E-state index contributed by atoms with van der Waals surface area (Å²) < 4.78 is 5.76. The molecule has 0 atom stereocenters. The summed E-state index contributed by atoms with van der Waals surface area (Å²) in [5.74, 6) is 0.423. The van der Waals surface area contributed by atoms with Crippen molar-refractivity contribution < 1.29 is 9.21 Å². The van der Waals surface area contributed by atoms with Crippen molar-refractivity contribution in [1.82, 2.24) is 19.9 Å². The van der Waals surface area contributed by atoms with Gasteiger partial charge in [0.05, 0.1) is 11.1 Å². The van der Waals surface area contributed by atoms with E-state index in [0.717, 1.165) is 5.69 Å². The minimum atomic E-state index is -0.284. The molecule has 8 nitrogen and oxygen atoms in total. The molecule has 1 aromatic carbocycles. The number of nitrogen functional groups attached to an aromatic ring is 1. The van der Waals surface area contributed by atoms with Crippen LogP contribution in [-0.2, 0) is 11.3 Å². The van der Waals surface area contributed by atoms with Crippen LogP contribution in [0.1, 0.15) is 17.1 Å². The lowest BCUT2D eigenvalue weighted by atomic mass is 10.1. The van der Waals surface area contributed by atoms with E-state index in [4.69, 9.17) is 21.8 Å². The lowest BCUT2D eigenvalue weighted by molar-refractivity contribution is -0.113. The third-order valence-corrected chi connectivity index (χ3v) is 4.69. The number of aromatic nitrogens is 4. The van der Waals surface area contributed by atoms with Gasteiger partial charge >= 0.3 is 0 Å². The predicted molar refractivity (Wildman–Crippen MR) is 105 cm³/mol. The number of aromatic amines is 1. The number of nitrogens with one attached hydrogen (secondary N) is 1. The van der Waals surface area contributed by atoms with Crippen molar-refractivity contribution in [2.75, 3.05) is 10.6 Å². The molecule has 28 heavy (non-hydrogen) atoms. The maximum Gasteiger partial charge on any atom is 0.260 e. The van der Waals surface area contributed by atoms with Crippen molar-refractivity contribution in [1.29, 1.82) is 0 Å². The molecule has 3 aromatic heterocycles. The fourth-order valence-corrected chi connectivity index (χ4v) is 3.48. The maximum atomic E-state index is 13.2. The molecule has 4 heterocycles. The number of oxazole rings is 1. The maximum absolute atomic E-state index is 13.2. The second kappa shape index (κ2) is 6.21. The quantitative estimate of drug-likeness (QED) is 0.408. The van der Waals surface area contributed by atoms with Crippen LogP contribution in [0.5, 0.6) is 0 Å². The molecule has 1 aliphatic rings. The van der Waals surface area contributed by atoms with Gasteiger partial charge in [0.25, 0.3) is 5.91 Å². The standard InChI is InChI=1S/C19H13ClN6O2/c20-16-15-11(8-10-4-3-7-22-10)18(27)26(17(15)25-19(21)24-16)9-14-23-12-5-1-2-6-13(12)28-14/h1-8,22H,9H2,(H2,21,24,25)/b11-8+. The van der Waals surface area contributed by atoms with E-state index in [0.29, 0.717) is 33.9 Å². The van der Waals surface area contributed by atoms with Gasteiger partial charge in [-0.3, -0.25) is 9.69 Å². The predicted octanol–water partition coefficient (Wildman–Crippen LogP) is 3.27. The second-order valence-corrected chi connectivity index (χ2v) is 6.58. The molecule has 1 aliphatic heterocycles. The summed E-state index contributed by atoms with van der Waals surface area (Å²) in [4.78, 5) is 30.3. The van der Waals surface area contributed by atoms with Crippen LogP contribution in [0.25, 0.3) is 22.7 Å². The molecule has 0 radical (unpaired) electrons. The summed E-state index contributed by atoms with van der Waals surface area (Å²) >= 11 is 6.31. The van der Waals surface area contributed by atoms with Crippen LogP contribution in [0.4, 0.5) is 11.8 Å². The van der Waals surface area contributed by atoms with Gasteiger partial charge in [-0.05, 0) is 30.3 Å². The number of hydrogen-bond donors (Lipinski definition) is 2. The zero-order chi connectivity index (χ0) is 19.3. The number of H-pyrrole nitrogens is 1. The number of carbonyl (C=O) groups excluding carboxylic acids is 1. The van der Waals surface area contributed by atoms with Crippen molar-refractivity contribution in [3.8, 4) is 0 Å². The first kappa shape index (κ1) is 16.5. The van der Waals surface area contributed by atoms with Crippen LogP contribution in [0.15, 0.2) is 47.0 Å². The zero-order valence-electron chi connectivity index (χ0n) is 14.4. The smallest absolute Gasteiger partial charge is 0.260 e. The van der Waals surface area contributed by atoms with E-state index in [1.165, 1.54) is 4.90 Å². The Hall–Kier alpha value is -3.65. The van der Waals surface area contributed by atoms with Crippen LogP contribution < -0.4 is 10.6 Å². The SMILES string of the molecule is Nc1nc(Cl)c2c(n1)N(Cc1nc3ccccc3o1)C(=O)/C2=C/c1ccc[nH]1. The number of nitrogens with two attached hydrogens (primary N) is 1. The Morgan fingerprint density at radius 1 is 1.18 bits per heavy atom. The van der Waals surface area contributed by atoms with E-state index in [9.17, 15) is 4.79 Å². The number of para-hydroxylation sites is 2. The summed E-state index contributed by atoms with van der Waals surface area (Å²) in [5, 5.41) is 0.119. The molecule has 4 aromatic rings. The molecular weight excluding hydrogens is 380 g/mol. The van der Waals surface area contributed by atoms with Gasteiger partial charge in [0.2, 0.25) is 11.8 Å². The van der Waals surface area contributed by atoms with Crippen LogP contribution in [-0.4, -0.2) is 25.8 Å². The van der Waals surface area contributed by atoms with E-state index in [2.05, 4.69) is 19.9 Å². The summed E-state index contributed by atoms with van der Waals surface area (Å²) in [5.41, 5.74) is 8.69. The summed E-state index contributed by atoms with van der Waals surface area (Å²) in [7, 11) is 0. The number of carbonyl (C=O) groups is 1. The highest BCUT2D eigenvalue weighted by molar-refractivity contribution is 6.41. The molecule has 5 rings (SSSR count). The fourth-order valence-electron chi connectivity index (χ4n) is 3.21. The Balaban J connectivity index is 1.61. The van der Waals surface area contributed by atoms with Crippen molar-refractivity contribution >= 4 is 52.0 Å². The van der Waals surface area contributed by atoms with Gasteiger partial charge in [0.15, 0.2) is 11.4 Å². The van der Waals surface area contributed by atoms with E-state index in [1.54, 1.807) is 12.3 Å². The van der Waals surface area contributed by atoms with E-state index >= 15 is 0 Å². The van der Waals surface area contributed by atoms with Crippen LogP contribution in [0.3, 0.4) is 0 Å². The van der Waals surface area contributed by atoms with Gasteiger partial charge in [-0.15, -0.1) is 0 Å². The van der Waals surface area contributed by atoms with E-state index in [1.807, 2.05) is 36.4 Å². The first-order chi connectivity index (χ1) is 13.6. The third kappa shape index (κ3) is 2.62. The van der Waals surface area contributed by atoms with Crippen molar-refractivity contribution in [3.63, 3.8) is 0 Å². The highest BCUT2D eigenvalue weighted by Gasteiger charge is 2.37. The number of hydrogen-bond acceptors (Lipinski definition) is 6. The summed E-state index contributed by atoms with van der Waals surface area (Å²) in [6, 6.07) is 11.1. The molecule has 0 unspecified atom stereocenters. The number of benzene rings is 1. The average Bonchev–Trinajstić information content (AvgIpc) is 3.37. The number of anilines is 2. The first-order valence-corrected chi connectivity index (χ1v) is 8.83. The highest BCUT2D eigenvalue weighted by Crippen LogP contribution is 2.41. The molecule has 0 fully saturated rings. The first-order valence-electron chi connectivity index (χ1n) is 8.45. The lowest BCUT2D eigenvalue weighted by Crippen LogP contribution is -2.26. The highest BCUT2D eigenvalue weighted by atomic mass is 35.5. The minimum Gasteiger partial charge on any atom is -0.439 e. The van der Waals surface area contributed by atoms with E-state index in [-0.39, 0.29) is 23.6 Å². The Labute approximate surface area is 163 Å². The normalized spacial score (nSPS) is 15.0. The molecule has 0 aliphatic carbocycles. The fraction of sp³-hybridized carbons (Fsp3) is 0.0526. The van der Waals surface area contributed by atoms with Gasteiger partial charge in [-0.2, -0.15) is 4.98 Å². The number of halogens is 1. The van der Waals surface area contributed by atoms with Crippen molar-refractivity contribution in [3.05, 3.63) is 64.9 Å². The minimum absolute atomic E-state index is 0.0137. The van der Waals surface area contributed by atoms with Gasteiger partial charge in [0.1, 0.15) is 17.2 Å². The van der Waals surface area contributed by atoms with E-state index < -0.39 is 0 Å². The van der Waals surface area contributed by atoms with Gasteiger partial charge < -0.3 is 15.1 Å². The second-order valence-electron chi connectivity index (χ2n) is 6.22. The largest absolute Gasteiger partial charge is 0.439 e. The van der Waals surface area contributed by atoms with Crippen LogP contribution in [0, 0.1) is 0 Å². The Morgan fingerprint density at radius 2 is 2.04 bits per heavy atom. The molecule has 0 bridgehead atoms. The van der Waals surface area contributed by atoms with Gasteiger partial charge in [0, 0.05) is 11.9 Å². The molecule has 9 heteroatoms. The molecule has 0 spiro atoms. The molecular formula is C19H13ClN6O2. The number of rotatable bonds is 3. The topological polar surface area (TPSA) is 114 Å². The van der Waals surface area contributed by atoms with Gasteiger partial charge in [-0.25, -0.2) is 9.97 Å². The summed E-state index contributed by atoms with van der Waals surface area (Å²) in [6.45, 7) is 0.0926. The number of fused-ring (bicyclic) bond motifs is 2.